The molecule has 0 radical (unpaired) electrons. The molecule has 4 aromatic rings. The fourth-order valence-electron chi connectivity index (χ4n) is 2.86. The van der Waals surface area contributed by atoms with E-state index in [4.69, 9.17) is 0 Å². The molecule has 0 aliphatic carbocycles. The van der Waals surface area contributed by atoms with Crippen molar-refractivity contribution in [3.8, 4) is 5.88 Å². The first kappa shape index (κ1) is 18.1. The molecule has 7 nitrogen and oxygen atoms in total. The minimum atomic E-state index is -0.560. The number of carbonyl (C=O) groups is 2. The van der Waals surface area contributed by atoms with Gasteiger partial charge in [0.15, 0.2) is 5.69 Å². The molecule has 7 heteroatoms. The monoisotopic (exact) mass is 384 g/mol. The van der Waals surface area contributed by atoms with Crippen LogP contribution in [0.4, 0.5) is 11.4 Å². The third-order valence-electron chi connectivity index (χ3n) is 4.33. The number of anilines is 1. The summed E-state index contributed by atoms with van der Waals surface area (Å²) >= 11 is 0. The minimum absolute atomic E-state index is 0.151. The number of amides is 2. The number of rotatable bonds is 4. The van der Waals surface area contributed by atoms with Gasteiger partial charge in [0.05, 0.1) is 5.52 Å². The van der Waals surface area contributed by atoms with Crippen LogP contribution in [0.2, 0.25) is 0 Å². The number of nitrogens with zero attached hydrogens (tertiary/aromatic N) is 2. The first-order valence-corrected chi connectivity index (χ1v) is 8.84. The lowest BCUT2D eigenvalue weighted by Crippen LogP contribution is -2.11. The number of hydrogen-bond donors (Lipinski definition) is 3. The maximum Gasteiger partial charge on any atom is 0.295 e. The number of azo groups is 1. The summed E-state index contributed by atoms with van der Waals surface area (Å²) in [5.74, 6) is -0.948. The highest BCUT2D eigenvalue weighted by molar-refractivity contribution is 6.04. The Morgan fingerprint density at radius 1 is 0.828 bits per heavy atom. The molecule has 0 bridgehead atoms. The zero-order chi connectivity index (χ0) is 20.2. The van der Waals surface area contributed by atoms with E-state index in [2.05, 4.69) is 20.5 Å². The van der Waals surface area contributed by atoms with E-state index < -0.39 is 5.91 Å². The first-order valence-electron chi connectivity index (χ1n) is 8.84. The van der Waals surface area contributed by atoms with Crippen LogP contribution in [0.3, 0.4) is 0 Å². The fourth-order valence-corrected chi connectivity index (χ4v) is 2.86. The lowest BCUT2D eigenvalue weighted by atomic mass is 10.2. The van der Waals surface area contributed by atoms with Gasteiger partial charge < -0.3 is 15.4 Å². The third kappa shape index (κ3) is 3.89. The average Bonchev–Trinajstić information content (AvgIpc) is 3.08. The second-order valence-corrected chi connectivity index (χ2v) is 6.27. The van der Waals surface area contributed by atoms with Crippen molar-refractivity contribution >= 4 is 34.1 Å². The maximum absolute atomic E-state index is 12.3. The molecule has 29 heavy (non-hydrogen) atoms. The van der Waals surface area contributed by atoms with Crippen LogP contribution in [0.25, 0.3) is 10.9 Å². The molecule has 3 aromatic carbocycles. The molecule has 0 aliphatic rings. The van der Waals surface area contributed by atoms with Crippen molar-refractivity contribution < 1.29 is 14.7 Å². The minimum Gasteiger partial charge on any atom is -0.493 e. The van der Waals surface area contributed by atoms with Gasteiger partial charge in [-0.25, -0.2) is 0 Å². The van der Waals surface area contributed by atoms with Crippen LogP contribution in [-0.2, 0) is 0 Å². The number of benzene rings is 3. The second-order valence-electron chi connectivity index (χ2n) is 6.27. The summed E-state index contributed by atoms with van der Waals surface area (Å²) in [4.78, 5) is 27.3. The SMILES string of the molecule is O=C(N=Nc1c(O)[nH]c2ccccc12)c1ccc(NC(=O)c2ccccc2)cc1. The van der Waals surface area contributed by atoms with Gasteiger partial charge in [0, 0.05) is 22.2 Å². The van der Waals surface area contributed by atoms with Gasteiger partial charge >= 0.3 is 0 Å². The number of H-pyrrole nitrogens is 1. The molecular formula is C22H16N4O3. The van der Waals surface area contributed by atoms with Gasteiger partial charge in [0.2, 0.25) is 5.88 Å². The normalized spacial score (nSPS) is 11.0. The van der Waals surface area contributed by atoms with E-state index >= 15 is 0 Å². The molecule has 2 amide bonds. The van der Waals surface area contributed by atoms with Crippen molar-refractivity contribution in [2.75, 3.05) is 5.32 Å². The van der Waals surface area contributed by atoms with Crippen LogP contribution in [0.15, 0.2) is 89.1 Å². The Balaban J connectivity index is 1.47. The summed E-state index contributed by atoms with van der Waals surface area (Å²) in [7, 11) is 0. The number of aromatic amines is 1. The van der Waals surface area contributed by atoms with E-state index in [0.29, 0.717) is 27.7 Å². The zero-order valence-corrected chi connectivity index (χ0v) is 15.2. The van der Waals surface area contributed by atoms with Crippen LogP contribution >= 0.6 is 0 Å². The highest BCUT2D eigenvalue weighted by atomic mass is 16.3. The molecule has 142 valence electrons. The number of para-hydroxylation sites is 1. The fraction of sp³-hybridized carbons (Fsp3) is 0. The predicted molar refractivity (Wildman–Crippen MR) is 110 cm³/mol. The van der Waals surface area contributed by atoms with E-state index in [1.54, 1.807) is 66.7 Å². The zero-order valence-electron chi connectivity index (χ0n) is 15.2. The van der Waals surface area contributed by atoms with Gasteiger partial charge in [-0.05, 0) is 42.5 Å². The van der Waals surface area contributed by atoms with E-state index in [1.165, 1.54) is 0 Å². The van der Waals surface area contributed by atoms with Crippen LogP contribution in [0.1, 0.15) is 20.7 Å². The van der Waals surface area contributed by atoms with Gasteiger partial charge in [-0.15, -0.1) is 10.2 Å². The van der Waals surface area contributed by atoms with Crippen molar-refractivity contribution in [3.63, 3.8) is 0 Å². The second kappa shape index (κ2) is 7.77. The highest BCUT2D eigenvalue weighted by Gasteiger charge is 2.11. The van der Waals surface area contributed by atoms with E-state index in [0.717, 1.165) is 0 Å². The summed E-state index contributed by atoms with van der Waals surface area (Å²) in [5.41, 5.74) is 2.32. The smallest absolute Gasteiger partial charge is 0.295 e. The van der Waals surface area contributed by atoms with Crippen LogP contribution < -0.4 is 5.32 Å². The Bertz CT molecular complexity index is 1210. The molecule has 0 saturated carbocycles. The van der Waals surface area contributed by atoms with Crippen LogP contribution in [0.5, 0.6) is 5.88 Å². The van der Waals surface area contributed by atoms with Crippen molar-refractivity contribution in [3.05, 3.63) is 90.0 Å². The Hall–Kier alpha value is -4.26. The number of fused-ring (bicyclic) bond motifs is 1. The summed E-state index contributed by atoms with van der Waals surface area (Å²) in [6.07, 6.45) is 0. The molecule has 0 atom stereocenters. The third-order valence-corrected chi connectivity index (χ3v) is 4.33. The predicted octanol–water partition coefficient (Wildman–Crippen LogP) is 5.05. The quantitative estimate of drug-likeness (QED) is 0.429. The summed E-state index contributed by atoms with van der Waals surface area (Å²) < 4.78 is 0. The van der Waals surface area contributed by atoms with E-state index in [1.807, 2.05) is 12.1 Å². The Labute approximate surface area is 165 Å². The summed E-state index contributed by atoms with van der Waals surface area (Å²) in [6, 6.07) is 22.4. The van der Waals surface area contributed by atoms with E-state index in [-0.39, 0.29) is 17.5 Å². The van der Waals surface area contributed by atoms with Gasteiger partial charge in [-0.1, -0.05) is 36.4 Å². The van der Waals surface area contributed by atoms with Gasteiger partial charge in [0.25, 0.3) is 11.8 Å². The Morgan fingerprint density at radius 3 is 2.28 bits per heavy atom. The van der Waals surface area contributed by atoms with Crippen molar-refractivity contribution in [2.24, 2.45) is 10.2 Å². The molecular weight excluding hydrogens is 368 g/mol. The summed E-state index contributed by atoms with van der Waals surface area (Å²) in [5, 5.41) is 21.0. The average molecular weight is 384 g/mol. The lowest BCUT2D eigenvalue weighted by Gasteiger charge is -2.05. The number of nitrogens with one attached hydrogen (secondary N) is 2. The molecule has 1 heterocycles. The lowest BCUT2D eigenvalue weighted by molar-refractivity contribution is 0.0993. The van der Waals surface area contributed by atoms with Crippen molar-refractivity contribution in [2.45, 2.75) is 0 Å². The van der Waals surface area contributed by atoms with Crippen molar-refractivity contribution in [1.29, 1.82) is 0 Å². The van der Waals surface area contributed by atoms with E-state index in [9.17, 15) is 14.7 Å². The van der Waals surface area contributed by atoms with Crippen molar-refractivity contribution in [1.82, 2.24) is 4.98 Å². The molecule has 0 unspecified atom stereocenters. The highest BCUT2D eigenvalue weighted by Crippen LogP contribution is 2.35. The first-order chi connectivity index (χ1) is 14.1. The molecule has 0 saturated heterocycles. The maximum atomic E-state index is 12.3. The number of aromatic nitrogens is 1. The number of hydrogen-bond acceptors (Lipinski definition) is 4. The molecule has 4 rings (SSSR count). The standard InChI is InChI=1S/C22H16N4O3/c27-20(14-6-2-1-3-7-14)23-16-12-10-15(11-13-16)21(28)26-25-19-17-8-4-5-9-18(17)24-22(19)29/h1-13,24,29H,(H,23,27). The van der Waals surface area contributed by atoms with Gasteiger partial charge in [0.1, 0.15) is 0 Å². The topological polar surface area (TPSA) is 107 Å². The van der Waals surface area contributed by atoms with Gasteiger partial charge in [-0.3, -0.25) is 9.59 Å². The van der Waals surface area contributed by atoms with Crippen LogP contribution in [-0.4, -0.2) is 21.9 Å². The largest absolute Gasteiger partial charge is 0.493 e. The molecule has 1 aromatic heterocycles. The Morgan fingerprint density at radius 2 is 1.52 bits per heavy atom. The van der Waals surface area contributed by atoms with Crippen LogP contribution in [0, 0.1) is 0 Å². The molecule has 0 aliphatic heterocycles. The molecule has 0 spiro atoms. The Kier molecular flexibility index (Phi) is 4.86. The molecule has 3 N–H and O–H groups in total. The molecule has 0 fully saturated rings. The van der Waals surface area contributed by atoms with Gasteiger partial charge in [-0.2, -0.15) is 0 Å². The number of aromatic hydroxyl groups is 1. The summed E-state index contributed by atoms with van der Waals surface area (Å²) in [6.45, 7) is 0. The number of carbonyl (C=O) groups excluding carboxylic acids is 2.